The average Bonchev–Trinajstić information content (AvgIpc) is 3.21. The van der Waals surface area contributed by atoms with Crippen LogP contribution in [-0.2, 0) is 7.05 Å². The highest BCUT2D eigenvalue weighted by Gasteiger charge is 2.14. The third kappa shape index (κ3) is 3.57. The summed E-state index contributed by atoms with van der Waals surface area (Å²) in [5.74, 6) is 1.39. The molecule has 0 aliphatic carbocycles. The van der Waals surface area contributed by atoms with Gasteiger partial charge in [-0.2, -0.15) is 5.10 Å². The predicted octanol–water partition coefficient (Wildman–Crippen LogP) is 4.78. The average molecular weight is 363 g/mol. The van der Waals surface area contributed by atoms with Crippen LogP contribution >= 0.6 is 11.3 Å². The number of thiazole rings is 1. The summed E-state index contributed by atoms with van der Waals surface area (Å²) in [4.78, 5) is 8.95. The molecule has 0 unspecified atom stereocenters. The number of aryl methyl sites for hydroxylation is 2. The molecule has 0 fully saturated rings. The summed E-state index contributed by atoms with van der Waals surface area (Å²) in [7, 11) is 1.87. The summed E-state index contributed by atoms with van der Waals surface area (Å²) >= 11 is 1.53. The minimum absolute atomic E-state index is 0.693. The van der Waals surface area contributed by atoms with E-state index in [9.17, 15) is 0 Å². The van der Waals surface area contributed by atoms with Gasteiger partial charge in [-0.3, -0.25) is 4.68 Å². The molecule has 0 atom stereocenters. The monoisotopic (exact) mass is 363 g/mol. The Balaban J connectivity index is 1.59. The summed E-state index contributed by atoms with van der Waals surface area (Å²) in [5.41, 5.74) is 2.76. The van der Waals surface area contributed by atoms with Gasteiger partial charge in [0, 0.05) is 31.1 Å². The van der Waals surface area contributed by atoms with Crippen molar-refractivity contribution in [3.63, 3.8) is 0 Å². The largest absolute Gasteiger partial charge is 0.444 e. The van der Waals surface area contributed by atoms with Crippen molar-refractivity contribution in [2.24, 2.45) is 7.05 Å². The second kappa shape index (κ2) is 6.97. The second-order valence-electron chi connectivity index (χ2n) is 5.74. The fraction of sp³-hybridized carbons (Fsp3) is 0.105. The lowest BCUT2D eigenvalue weighted by atomic mass is 10.2. The van der Waals surface area contributed by atoms with E-state index in [-0.39, 0.29) is 0 Å². The molecule has 0 amide bonds. The van der Waals surface area contributed by atoms with Gasteiger partial charge in [0.15, 0.2) is 0 Å². The van der Waals surface area contributed by atoms with Gasteiger partial charge < -0.3 is 10.1 Å². The Morgan fingerprint density at radius 1 is 1.15 bits per heavy atom. The van der Waals surface area contributed by atoms with E-state index in [0.717, 1.165) is 27.0 Å². The minimum atomic E-state index is 0.693. The smallest absolute Gasteiger partial charge is 0.208 e. The van der Waals surface area contributed by atoms with E-state index in [1.807, 2.05) is 62.6 Å². The molecule has 3 heterocycles. The first kappa shape index (κ1) is 16.3. The Hall–Kier alpha value is -3.19. The van der Waals surface area contributed by atoms with E-state index in [4.69, 9.17) is 4.74 Å². The van der Waals surface area contributed by atoms with Crippen molar-refractivity contribution in [1.82, 2.24) is 19.7 Å². The lowest BCUT2D eigenvalue weighted by Crippen LogP contribution is -1.93. The maximum Gasteiger partial charge on any atom is 0.208 e. The zero-order valence-electron chi connectivity index (χ0n) is 14.4. The van der Waals surface area contributed by atoms with Crippen molar-refractivity contribution in [1.29, 1.82) is 0 Å². The van der Waals surface area contributed by atoms with Gasteiger partial charge in [0.2, 0.25) is 5.06 Å². The molecule has 26 heavy (non-hydrogen) atoms. The van der Waals surface area contributed by atoms with Crippen molar-refractivity contribution in [2.45, 2.75) is 6.92 Å². The van der Waals surface area contributed by atoms with Crippen LogP contribution in [-0.4, -0.2) is 19.7 Å². The number of hydrogen-bond acceptors (Lipinski definition) is 6. The van der Waals surface area contributed by atoms with Gasteiger partial charge >= 0.3 is 0 Å². The van der Waals surface area contributed by atoms with Crippen molar-refractivity contribution in [2.75, 3.05) is 5.32 Å². The van der Waals surface area contributed by atoms with Crippen LogP contribution in [0.25, 0.3) is 11.3 Å². The number of hydrogen-bond donors (Lipinski definition) is 1. The fourth-order valence-corrected chi connectivity index (χ4v) is 3.34. The molecule has 7 heteroatoms. The van der Waals surface area contributed by atoms with E-state index >= 15 is 0 Å². The van der Waals surface area contributed by atoms with Crippen LogP contribution in [0, 0.1) is 6.92 Å². The summed E-state index contributed by atoms with van der Waals surface area (Å²) in [6, 6.07) is 13.7. The summed E-state index contributed by atoms with van der Waals surface area (Å²) in [6.07, 6.45) is 5.34. The van der Waals surface area contributed by atoms with Crippen LogP contribution < -0.4 is 10.1 Å². The lowest BCUT2D eigenvalue weighted by Gasteiger charge is -2.08. The van der Waals surface area contributed by atoms with E-state index < -0.39 is 0 Å². The van der Waals surface area contributed by atoms with Gasteiger partial charge in [-0.15, -0.1) is 0 Å². The number of anilines is 2. The maximum absolute atomic E-state index is 6.12. The molecule has 4 aromatic rings. The van der Waals surface area contributed by atoms with Gasteiger partial charge in [0.25, 0.3) is 0 Å². The van der Waals surface area contributed by atoms with Gasteiger partial charge in [-0.05, 0) is 13.0 Å². The molecule has 0 aliphatic heterocycles. The number of nitrogens with one attached hydrogen (secondary N) is 1. The van der Waals surface area contributed by atoms with Gasteiger partial charge in [-0.1, -0.05) is 41.7 Å². The van der Waals surface area contributed by atoms with E-state index in [0.29, 0.717) is 11.6 Å². The van der Waals surface area contributed by atoms with Gasteiger partial charge in [-0.25, -0.2) is 9.97 Å². The van der Waals surface area contributed by atoms with Crippen molar-refractivity contribution >= 4 is 22.8 Å². The molecule has 0 spiro atoms. The number of rotatable bonds is 5. The van der Waals surface area contributed by atoms with Crippen LogP contribution in [0.2, 0.25) is 0 Å². The van der Waals surface area contributed by atoms with Crippen molar-refractivity contribution in [3.8, 4) is 22.1 Å². The second-order valence-corrected chi connectivity index (χ2v) is 6.91. The Kier molecular flexibility index (Phi) is 4.37. The molecule has 3 aromatic heterocycles. The Morgan fingerprint density at radius 3 is 2.77 bits per heavy atom. The number of ether oxygens (including phenoxy) is 1. The molecular weight excluding hydrogens is 346 g/mol. The Labute approximate surface area is 155 Å². The van der Waals surface area contributed by atoms with Crippen molar-refractivity contribution < 1.29 is 4.74 Å². The maximum atomic E-state index is 6.12. The third-order valence-electron chi connectivity index (χ3n) is 3.67. The van der Waals surface area contributed by atoms with Crippen LogP contribution in [0.4, 0.5) is 11.5 Å². The molecule has 0 bridgehead atoms. The summed E-state index contributed by atoms with van der Waals surface area (Å²) < 4.78 is 7.85. The minimum Gasteiger partial charge on any atom is -0.444 e. The summed E-state index contributed by atoms with van der Waals surface area (Å²) in [6.45, 7) is 1.98. The normalized spacial score (nSPS) is 10.7. The Bertz CT molecular complexity index is 1030. The quantitative estimate of drug-likeness (QED) is 0.553. The van der Waals surface area contributed by atoms with Gasteiger partial charge in [0.1, 0.15) is 17.3 Å². The third-order valence-corrected chi connectivity index (χ3v) is 4.52. The Morgan fingerprint density at radius 2 is 2.00 bits per heavy atom. The fourth-order valence-electron chi connectivity index (χ4n) is 2.54. The predicted molar refractivity (Wildman–Crippen MR) is 103 cm³/mol. The molecule has 130 valence electrons. The highest BCUT2D eigenvalue weighted by Crippen LogP contribution is 2.38. The first-order valence-electron chi connectivity index (χ1n) is 8.10. The van der Waals surface area contributed by atoms with E-state index in [2.05, 4.69) is 20.4 Å². The summed E-state index contributed by atoms with van der Waals surface area (Å²) in [5, 5.41) is 9.09. The molecule has 1 N–H and O–H groups in total. The molecular formula is C19H17N5OS. The number of benzene rings is 1. The topological polar surface area (TPSA) is 64.9 Å². The number of pyridine rings is 1. The SMILES string of the molecule is Cc1nc(-c2ccccc2)c(Oc2ccnc(Nc3cnn(C)c3)c2)s1. The van der Waals surface area contributed by atoms with Crippen LogP contribution in [0.5, 0.6) is 10.8 Å². The van der Waals surface area contributed by atoms with Crippen molar-refractivity contribution in [3.05, 3.63) is 66.1 Å². The van der Waals surface area contributed by atoms with Crippen LogP contribution in [0.1, 0.15) is 5.01 Å². The molecule has 6 nitrogen and oxygen atoms in total. The zero-order valence-corrected chi connectivity index (χ0v) is 15.2. The highest BCUT2D eigenvalue weighted by atomic mass is 32.1. The first-order valence-corrected chi connectivity index (χ1v) is 8.91. The molecule has 1 aromatic carbocycles. The zero-order chi connectivity index (χ0) is 17.9. The number of nitrogens with zero attached hydrogens (tertiary/aromatic N) is 4. The molecule has 0 aliphatic rings. The molecule has 0 saturated carbocycles. The van der Waals surface area contributed by atoms with Gasteiger partial charge in [0.05, 0.1) is 16.9 Å². The van der Waals surface area contributed by atoms with E-state index in [1.165, 1.54) is 11.3 Å². The molecule has 4 rings (SSSR count). The standard InChI is InChI=1S/C19H17N5OS/c1-13-22-18(14-6-4-3-5-7-14)19(26-13)25-16-8-9-20-17(10-16)23-15-11-21-24(2)12-15/h3-12H,1-2H3,(H,20,23). The van der Waals surface area contributed by atoms with Crippen LogP contribution in [0.15, 0.2) is 61.1 Å². The molecule has 0 radical (unpaired) electrons. The van der Waals surface area contributed by atoms with E-state index in [1.54, 1.807) is 17.1 Å². The van der Waals surface area contributed by atoms with Crippen LogP contribution in [0.3, 0.4) is 0 Å². The first-order chi connectivity index (χ1) is 12.7. The number of aromatic nitrogens is 4. The lowest BCUT2D eigenvalue weighted by molar-refractivity contribution is 0.496. The highest BCUT2D eigenvalue weighted by molar-refractivity contribution is 7.13. The molecule has 0 saturated heterocycles.